The maximum absolute atomic E-state index is 10.3. The topological polar surface area (TPSA) is 69.6 Å². The summed E-state index contributed by atoms with van der Waals surface area (Å²) in [6.07, 6.45) is 0. The summed E-state index contributed by atoms with van der Waals surface area (Å²) in [4.78, 5) is 8.45. The Bertz CT molecular complexity index is 276. The van der Waals surface area contributed by atoms with E-state index in [1.807, 2.05) is 0 Å². The quantitative estimate of drug-likeness (QED) is 0.464. The number of benzene rings is 1. The molecule has 0 aromatic heterocycles. The third-order valence-corrected chi connectivity index (χ3v) is 1.63. The van der Waals surface area contributed by atoms with Crippen LogP contribution < -0.4 is 5.09 Å². The predicted molar refractivity (Wildman–Crippen MR) is 42.9 cm³/mol. The SMILES string of the molecule is O=[PH](O)Nc1ccccc1O. The molecule has 0 heterocycles. The van der Waals surface area contributed by atoms with Crippen molar-refractivity contribution in [3.63, 3.8) is 0 Å². The lowest BCUT2D eigenvalue weighted by atomic mass is 10.3. The lowest BCUT2D eigenvalue weighted by molar-refractivity contribution is 0.476. The summed E-state index contributed by atoms with van der Waals surface area (Å²) >= 11 is 0. The Labute approximate surface area is 64.4 Å². The average Bonchev–Trinajstić information content (AvgIpc) is 1.93. The number of anilines is 1. The third-order valence-electron chi connectivity index (χ3n) is 1.15. The maximum atomic E-state index is 10.3. The molecule has 0 aliphatic carbocycles. The first-order valence-electron chi connectivity index (χ1n) is 2.98. The van der Waals surface area contributed by atoms with Gasteiger partial charge in [0.1, 0.15) is 5.75 Å². The Morgan fingerprint density at radius 3 is 2.55 bits per heavy atom. The fourth-order valence-corrected chi connectivity index (χ4v) is 1.14. The largest absolute Gasteiger partial charge is 0.506 e. The van der Waals surface area contributed by atoms with Crippen LogP contribution in [-0.2, 0) is 4.57 Å². The van der Waals surface area contributed by atoms with Crippen LogP contribution in [0.5, 0.6) is 5.75 Å². The summed E-state index contributed by atoms with van der Waals surface area (Å²) in [5.74, 6) is -0.0279. The zero-order valence-electron chi connectivity index (χ0n) is 5.61. The van der Waals surface area contributed by atoms with Gasteiger partial charge in [-0.25, -0.2) is 0 Å². The summed E-state index contributed by atoms with van der Waals surface area (Å²) in [5, 5.41) is 11.3. The Kier molecular flexibility index (Phi) is 2.52. The highest BCUT2D eigenvalue weighted by atomic mass is 31.1. The van der Waals surface area contributed by atoms with E-state index in [4.69, 9.17) is 10.00 Å². The van der Waals surface area contributed by atoms with Gasteiger partial charge >= 0.3 is 0 Å². The molecule has 0 spiro atoms. The predicted octanol–water partition coefficient (Wildman–Crippen LogP) is 1.19. The molecule has 0 saturated heterocycles. The van der Waals surface area contributed by atoms with E-state index < -0.39 is 8.18 Å². The molecule has 0 radical (unpaired) electrons. The Hall–Kier alpha value is -0.990. The molecule has 0 fully saturated rings. The minimum absolute atomic E-state index is 0.0279. The summed E-state index contributed by atoms with van der Waals surface area (Å²) in [7, 11) is -2.77. The monoisotopic (exact) mass is 173 g/mol. The van der Waals surface area contributed by atoms with Gasteiger partial charge in [-0.05, 0) is 12.1 Å². The molecule has 0 aliphatic heterocycles. The van der Waals surface area contributed by atoms with Crippen LogP contribution in [0.1, 0.15) is 0 Å². The minimum Gasteiger partial charge on any atom is -0.506 e. The summed E-state index contributed by atoms with van der Waals surface area (Å²) in [6, 6.07) is 6.25. The first kappa shape index (κ1) is 8.11. The van der Waals surface area contributed by atoms with Crippen molar-refractivity contribution < 1.29 is 14.6 Å². The van der Waals surface area contributed by atoms with Gasteiger partial charge in [-0.3, -0.25) is 4.57 Å². The van der Waals surface area contributed by atoms with Gasteiger partial charge in [-0.1, -0.05) is 12.1 Å². The lowest BCUT2D eigenvalue weighted by Gasteiger charge is -2.02. The molecule has 1 aromatic rings. The van der Waals surface area contributed by atoms with E-state index in [1.165, 1.54) is 12.1 Å². The maximum Gasteiger partial charge on any atom is 0.279 e. The molecule has 0 amide bonds. The van der Waals surface area contributed by atoms with Crippen molar-refractivity contribution in [1.29, 1.82) is 0 Å². The average molecular weight is 173 g/mol. The molecule has 5 heteroatoms. The number of hydrogen-bond donors (Lipinski definition) is 3. The fourth-order valence-electron chi connectivity index (χ4n) is 0.695. The Morgan fingerprint density at radius 1 is 1.36 bits per heavy atom. The number of hydrogen-bond acceptors (Lipinski definition) is 2. The van der Waals surface area contributed by atoms with Gasteiger partial charge in [0.15, 0.2) is 0 Å². The van der Waals surface area contributed by atoms with Crippen LogP contribution in [-0.4, -0.2) is 10.00 Å². The van der Waals surface area contributed by atoms with Gasteiger partial charge in [0.2, 0.25) is 0 Å². The number of nitrogens with one attached hydrogen (secondary N) is 1. The molecule has 0 aliphatic rings. The van der Waals surface area contributed by atoms with Crippen LogP contribution >= 0.6 is 8.18 Å². The molecule has 0 bridgehead atoms. The van der Waals surface area contributed by atoms with Crippen molar-refractivity contribution in [1.82, 2.24) is 0 Å². The lowest BCUT2D eigenvalue weighted by Crippen LogP contribution is -1.84. The van der Waals surface area contributed by atoms with E-state index in [9.17, 15) is 4.57 Å². The van der Waals surface area contributed by atoms with Gasteiger partial charge in [0.05, 0.1) is 5.69 Å². The van der Waals surface area contributed by atoms with E-state index in [1.54, 1.807) is 12.1 Å². The molecule has 0 saturated carbocycles. The van der Waals surface area contributed by atoms with E-state index in [0.717, 1.165) is 0 Å². The summed E-state index contributed by atoms with van der Waals surface area (Å²) in [5.41, 5.74) is 0.277. The normalized spacial score (nSPS) is 12.5. The molecule has 3 N–H and O–H groups in total. The van der Waals surface area contributed by atoms with E-state index in [2.05, 4.69) is 5.09 Å². The molecule has 1 rings (SSSR count). The number of rotatable bonds is 2. The van der Waals surface area contributed by atoms with Crippen LogP contribution in [0.15, 0.2) is 24.3 Å². The minimum atomic E-state index is -2.77. The smallest absolute Gasteiger partial charge is 0.279 e. The number of phenolic OH excluding ortho intramolecular Hbond substituents is 1. The molecule has 4 nitrogen and oxygen atoms in total. The Morgan fingerprint density at radius 2 is 2.00 bits per heavy atom. The van der Waals surface area contributed by atoms with Crippen molar-refractivity contribution >= 4 is 13.9 Å². The summed E-state index contributed by atoms with van der Waals surface area (Å²) in [6.45, 7) is 0. The molecule has 1 aromatic carbocycles. The zero-order valence-corrected chi connectivity index (χ0v) is 6.61. The van der Waals surface area contributed by atoms with Crippen molar-refractivity contribution in [2.24, 2.45) is 0 Å². The van der Waals surface area contributed by atoms with Gasteiger partial charge in [0, 0.05) is 0 Å². The standard InChI is InChI=1S/C6H8NO3P/c8-6-4-2-1-3-5(6)7-11(9)10/h1-4,8,11H,(H2,7,9,10). The van der Waals surface area contributed by atoms with Crippen molar-refractivity contribution in [3.8, 4) is 5.75 Å². The molecular weight excluding hydrogens is 165 g/mol. The van der Waals surface area contributed by atoms with Crippen LogP contribution in [0.2, 0.25) is 0 Å². The molecular formula is C6H8NO3P. The second kappa shape index (κ2) is 3.42. The highest BCUT2D eigenvalue weighted by Gasteiger charge is 1.98. The van der Waals surface area contributed by atoms with Crippen LogP contribution in [0, 0.1) is 0 Å². The van der Waals surface area contributed by atoms with Crippen molar-refractivity contribution in [2.45, 2.75) is 0 Å². The molecule has 1 unspecified atom stereocenters. The number of para-hydroxylation sites is 2. The third kappa shape index (κ3) is 2.26. The first-order valence-corrected chi connectivity index (χ1v) is 4.33. The van der Waals surface area contributed by atoms with E-state index in [-0.39, 0.29) is 11.4 Å². The number of aromatic hydroxyl groups is 1. The Balaban J connectivity index is 2.86. The first-order chi connectivity index (χ1) is 5.20. The van der Waals surface area contributed by atoms with Crippen LogP contribution in [0.3, 0.4) is 0 Å². The summed E-state index contributed by atoms with van der Waals surface area (Å²) < 4.78 is 10.3. The van der Waals surface area contributed by atoms with E-state index in [0.29, 0.717) is 0 Å². The zero-order chi connectivity index (χ0) is 8.27. The fraction of sp³-hybridized carbons (Fsp3) is 0. The van der Waals surface area contributed by atoms with Crippen LogP contribution in [0.4, 0.5) is 5.69 Å². The molecule has 1 atom stereocenters. The van der Waals surface area contributed by atoms with Crippen molar-refractivity contribution in [2.75, 3.05) is 5.09 Å². The van der Waals surface area contributed by atoms with Crippen LogP contribution in [0.25, 0.3) is 0 Å². The van der Waals surface area contributed by atoms with Gasteiger partial charge in [-0.2, -0.15) is 0 Å². The van der Waals surface area contributed by atoms with Gasteiger partial charge in [-0.15, -0.1) is 0 Å². The second-order valence-electron chi connectivity index (χ2n) is 1.95. The highest BCUT2D eigenvalue weighted by molar-refractivity contribution is 7.39. The van der Waals surface area contributed by atoms with Crippen molar-refractivity contribution in [3.05, 3.63) is 24.3 Å². The molecule has 60 valence electrons. The van der Waals surface area contributed by atoms with Gasteiger partial charge < -0.3 is 15.1 Å². The van der Waals surface area contributed by atoms with E-state index >= 15 is 0 Å². The number of phenols is 1. The highest BCUT2D eigenvalue weighted by Crippen LogP contribution is 2.27. The van der Waals surface area contributed by atoms with Gasteiger partial charge in [0.25, 0.3) is 8.18 Å². The second-order valence-corrected chi connectivity index (χ2v) is 2.81. The molecule has 11 heavy (non-hydrogen) atoms.